The van der Waals surface area contributed by atoms with Gasteiger partial charge in [-0.2, -0.15) is 0 Å². The predicted octanol–water partition coefficient (Wildman–Crippen LogP) is 3.91. The Labute approximate surface area is 83.4 Å². The topological polar surface area (TPSA) is 0 Å². The van der Waals surface area contributed by atoms with Crippen molar-refractivity contribution >= 4 is 7.54 Å². The second-order valence-corrected chi connectivity index (χ2v) is 2.84. The largest absolute Gasteiger partial charge is 0.762 e. The van der Waals surface area contributed by atoms with Crippen molar-refractivity contribution in [3.8, 4) is 0 Å². The van der Waals surface area contributed by atoms with Crippen molar-refractivity contribution in [3.63, 3.8) is 0 Å². The maximum Gasteiger partial charge on any atom is 0.762 e. The van der Waals surface area contributed by atoms with Crippen LogP contribution in [0.4, 0.5) is 12.9 Å². The van der Waals surface area contributed by atoms with E-state index in [4.69, 9.17) is 0 Å². The fourth-order valence-electron chi connectivity index (χ4n) is 1.03. The fraction of sp³-hybridized carbons (Fsp3) is 0.400. The van der Waals surface area contributed by atoms with Crippen LogP contribution in [0.1, 0.15) is 25.3 Å². The third-order valence-electron chi connectivity index (χ3n) is 1.66. The first-order valence-corrected chi connectivity index (χ1v) is 4.63. The number of aryl methyl sites for hydroxylation is 1. The summed E-state index contributed by atoms with van der Waals surface area (Å²) in [6.07, 6.45) is 3.83. The molecule has 0 radical (unpaired) electrons. The summed E-state index contributed by atoms with van der Waals surface area (Å²) >= 11 is 0. The molecule has 0 heterocycles. The molecule has 0 aliphatic rings. The van der Waals surface area contributed by atoms with E-state index in [9.17, 15) is 12.9 Å². The van der Waals surface area contributed by atoms with Crippen molar-refractivity contribution in [2.75, 3.05) is 0 Å². The van der Waals surface area contributed by atoms with Crippen LogP contribution in [-0.2, 0) is 6.42 Å². The highest BCUT2D eigenvalue weighted by Gasteiger charge is 2.06. The van der Waals surface area contributed by atoms with Crippen molar-refractivity contribution < 1.29 is 12.9 Å². The summed E-state index contributed by atoms with van der Waals surface area (Å²) in [5.74, 6) is 0. The van der Waals surface area contributed by atoms with Gasteiger partial charge in [-0.3, -0.25) is 12.9 Å². The molecule has 1 aromatic carbocycles. The molecule has 1 rings (SSSR count). The molecule has 0 saturated heterocycles. The second kappa shape index (κ2) is 8.66. The summed E-state index contributed by atoms with van der Waals surface area (Å²) in [7, 11) is -3.67. The van der Waals surface area contributed by atoms with Crippen molar-refractivity contribution in [3.05, 3.63) is 35.9 Å². The third-order valence-corrected chi connectivity index (χ3v) is 1.66. The zero-order valence-corrected chi connectivity index (χ0v) is 8.22. The van der Waals surface area contributed by atoms with Crippen LogP contribution in [0.25, 0.3) is 0 Å². The van der Waals surface area contributed by atoms with E-state index in [1.54, 1.807) is 0 Å². The van der Waals surface area contributed by atoms with E-state index < -0.39 is 7.54 Å². The van der Waals surface area contributed by atoms with Gasteiger partial charge in [0, 0.05) is 0 Å². The summed E-state index contributed by atoms with van der Waals surface area (Å²) in [6, 6.07) is 10.6. The zero-order valence-electron chi connectivity index (χ0n) is 8.22. The molecule has 0 N–H and O–H groups in total. The summed E-state index contributed by atoms with van der Waals surface area (Å²) in [4.78, 5) is 0. The third kappa shape index (κ3) is 9.17. The lowest BCUT2D eigenvalue weighted by Gasteiger charge is -1.96. The molecule has 0 fully saturated rings. The van der Waals surface area contributed by atoms with E-state index in [0.29, 0.717) is 0 Å². The van der Waals surface area contributed by atoms with E-state index in [0.717, 1.165) is 0 Å². The summed E-state index contributed by atoms with van der Waals surface area (Å²) < 4.78 is 29.0. The number of benzene rings is 1. The van der Waals surface area contributed by atoms with Crippen LogP contribution in [0, 0.1) is 0 Å². The summed E-state index contributed by atoms with van der Waals surface area (Å²) in [5.41, 5.74) is 1.46. The van der Waals surface area contributed by atoms with Gasteiger partial charge < -0.3 is 0 Å². The lowest BCUT2D eigenvalue weighted by atomic mass is 10.1. The van der Waals surface area contributed by atoms with E-state index in [1.807, 2.05) is 0 Å². The van der Waals surface area contributed by atoms with Gasteiger partial charge in [-0.25, -0.2) is 0 Å². The highest BCUT2D eigenvalue weighted by atomic mass is 19.4. The first-order chi connectivity index (χ1) is 6.66. The lowest BCUT2D eigenvalue weighted by molar-refractivity contribution is 0.535. The van der Waals surface area contributed by atoms with E-state index in [1.165, 1.54) is 24.8 Å². The Balaban J connectivity index is 0.000000364. The molecule has 0 bridgehead atoms. The molecule has 0 saturated carbocycles. The quantitative estimate of drug-likeness (QED) is 0.651. The van der Waals surface area contributed by atoms with Crippen molar-refractivity contribution in [2.45, 2.75) is 26.2 Å². The van der Waals surface area contributed by atoms with Crippen LogP contribution in [0.2, 0.25) is 0 Å². The highest BCUT2D eigenvalue weighted by molar-refractivity contribution is 6.33. The summed E-state index contributed by atoms with van der Waals surface area (Å²) in [6.45, 7) is 2.23. The molecule has 0 amide bonds. The molecule has 0 aliphatic heterocycles. The normalized spacial score (nSPS) is 8.86. The van der Waals surface area contributed by atoms with E-state index >= 15 is 0 Å². The first-order valence-electron chi connectivity index (χ1n) is 4.63. The minimum atomic E-state index is -3.67. The Kier molecular flexibility index (Phi) is 8.09. The molecule has 78 valence electrons. The van der Waals surface area contributed by atoms with Gasteiger partial charge >= 0.3 is 7.54 Å². The Morgan fingerprint density at radius 2 is 1.57 bits per heavy atom. The van der Waals surface area contributed by atoms with Crippen molar-refractivity contribution in [2.24, 2.45) is 0 Å². The fourth-order valence-corrected chi connectivity index (χ4v) is 1.03. The van der Waals surface area contributed by atoms with Gasteiger partial charge in [0.2, 0.25) is 0 Å². The van der Waals surface area contributed by atoms with Crippen molar-refractivity contribution in [1.82, 2.24) is 0 Å². The van der Waals surface area contributed by atoms with E-state index in [-0.39, 0.29) is 0 Å². The Hall–Kier alpha value is -0.925. The van der Waals surface area contributed by atoms with Gasteiger partial charge in [0.15, 0.2) is 0 Å². The van der Waals surface area contributed by atoms with Crippen LogP contribution < -0.4 is 0 Å². The number of hydrogen-bond acceptors (Lipinski definition) is 0. The SMILES string of the molecule is CCCCc1ccccc1.FB(F)F. The Morgan fingerprint density at radius 3 is 2.00 bits per heavy atom. The van der Waals surface area contributed by atoms with Gasteiger partial charge in [-0.05, 0) is 18.4 Å². The Morgan fingerprint density at radius 1 is 1.07 bits per heavy atom. The summed E-state index contributed by atoms with van der Waals surface area (Å²) in [5, 5.41) is 0. The molecule has 0 nitrogen and oxygen atoms in total. The average Bonchev–Trinajstić information content (AvgIpc) is 2.15. The zero-order chi connectivity index (χ0) is 10.8. The molecule has 0 unspecified atom stereocenters. The molecule has 1 aromatic rings. The first kappa shape index (κ1) is 13.1. The van der Waals surface area contributed by atoms with Gasteiger partial charge in [-0.1, -0.05) is 43.7 Å². The molecular weight excluding hydrogens is 188 g/mol. The minimum absolute atomic E-state index is 1.23. The smallest absolute Gasteiger partial charge is 0.254 e. The Bertz CT molecular complexity index is 211. The van der Waals surface area contributed by atoms with Gasteiger partial charge in [-0.15, -0.1) is 0 Å². The van der Waals surface area contributed by atoms with Crippen LogP contribution in [0.5, 0.6) is 0 Å². The molecule has 0 atom stereocenters. The van der Waals surface area contributed by atoms with Crippen LogP contribution in [0.3, 0.4) is 0 Å². The van der Waals surface area contributed by atoms with Gasteiger partial charge in [0.05, 0.1) is 0 Å². The van der Waals surface area contributed by atoms with E-state index in [2.05, 4.69) is 37.3 Å². The number of hydrogen-bond donors (Lipinski definition) is 0. The van der Waals surface area contributed by atoms with Gasteiger partial charge in [0.1, 0.15) is 0 Å². The van der Waals surface area contributed by atoms with Crippen LogP contribution in [0.15, 0.2) is 30.3 Å². The second-order valence-electron chi connectivity index (χ2n) is 2.84. The monoisotopic (exact) mass is 202 g/mol. The predicted molar refractivity (Wildman–Crippen MR) is 54.1 cm³/mol. The molecule has 0 spiro atoms. The number of halogens is 3. The maximum atomic E-state index is 9.67. The standard InChI is InChI=1S/C10H14.BF3/c1-2-3-7-10-8-5-4-6-9-10;2-1(3)4/h4-6,8-9H,2-3,7H2,1H3;. The van der Waals surface area contributed by atoms with Crippen molar-refractivity contribution in [1.29, 1.82) is 0 Å². The lowest BCUT2D eigenvalue weighted by Crippen LogP contribution is -1.81. The minimum Gasteiger partial charge on any atom is -0.254 e. The van der Waals surface area contributed by atoms with Crippen LogP contribution in [-0.4, -0.2) is 7.54 Å². The average molecular weight is 202 g/mol. The highest BCUT2D eigenvalue weighted by Crippen LogP contribution is 2.03. The number of unbranched alkanes of at least 4 members (excludes halogenated alkanes) is 1. The number of rotatable bonds is 3. The van der Waals surface area contributed by atoms with Gasteiger partial charge in [0.25, 0.3) is 0 Å². The molecular formula is C10H14BF3. The maximum absolute atomic E-state index is 9.67. The molecule has 0 aliphatic carbocycles. The molecule has 14 heavy (non-hydrogen) atoms. The van der Waals surface area contributed by atoms with Crippen LogP contribution >= 0.6 is 0 Å². The molecule has 4 heteroatoms. The molecule has 0 aromatic heterocycles.